The SMILES string of the molecule is Cc1ccnc2c1ccc1c(C)ccnc12.O=C(/C=C(\O)c1ccccc1)c1ccccc1.[Eu]. The van der Waals surface area contributed by atoms with Gasteiger partial charge in [0, 0.05) is 89.7 Å². The maximum Gasteiger partial charge on any atom is 0.189 e. The predicted molar refractivity (Wildman–Crippen MR) is 134 cm³/mol. The average molecular weight is 584 g/mol. The Morgan fingerprint density at radius 3 is 1.59 bits per heavy atom. The van der Waals surface area contributed by atoms with Gasteiger partial charge >= 0.3 is 0 Å². The third kappa shape index (κ3) is 6.03. The van der Waals surface area contributed by atoms with Crippen LogP contribution < -0.4 is 0 Å². The number of pyridine rings is 2. The van der Waals surface area contributed by atoms with Crippen molar-refractivity contribution in [2.75, 3.05) is 0 Å². The molecule has 2 heterocycles. The molecular formula is C29H24EuN2O2. The van der Waals surface area contributed by atoms with Crippen LogP contribution in [0.25, 0.3) is 27.6 Å². The molecular weight excluding hydrogens is 560 g/mol. The number of rotatable bonds is 3. The fourth-order valence-corrected chi connectivity index (χ4v) is 3.61. The van der Waals surface area contributed by atoms with Gasteiger partial charge in [-0.05, 0) is 37.1 Å². The van der Waals surface area contributed by atoms with Crippen molar-refractivity contribution in [1.29, 1.82) is 0 Å². The molecule has 0 bridgehead atoms. The molecule has 0 fully saturated rings. The van der Waals surface area contributed by atoms with Crippen molar-refractivity contribution in [2.24, 2.45) is 0 Å². The predicted octanol–water partition coefficient (Wildman–Crippen LogP) is 6.87. The molecule has 5 rings (SSSR count). The van der Waals surface area contributed by atoms with Crippen molar-refractivity contribution in [3.8, 4) is 0 Å². The molecule has 34 heavy (non-hydrogen) atoms. The van der Waals surface area contributed by atoms with Gasteiger partial charge in [0.25, 0.3) is 0 Å². The zero-order valence-electron chi connectivity index (χ0n) is 18.9. The molecule has 0 aliphatic rings. The van der Waals surface area contributed by atoms with Gasteiger partial charge in [0.15, 0.2) is 5.78 Å². The van der Waals surface area contributed by atoms with E-state index in [2.05, 4.69) is 35.9 Å². The largest absolute Gasteiger partial charge is 0.507 e. The molecule has 169 valence electrons. The Kier molecular flexibility index (Phi) is 9.23. The van der Waals surface area contributed by atoms with E-state index in [1.807, 2.05) is 48.8 Å². The normalized spacial score (nSPS) is 10.8. The molecule has 2 aromatic heterocycles. The summed E-state index contributed by atoms with van der Waals surface area (Å²) in [5.41, 5.74) is 5.69. The minimum atomic E-state index is -0.202. The van der Waals surface area contributed by atoms with Crippen LogP contribution in [0.4, 0.5) is 0 Å². The van der Waals surface area contributed by atoms with Crippen molar-refractivity contribution in [3.05, 3.63) is 126 Å². The summed E-state index contributed by atoms with van der Waals surface area (Å²) in [7, 11) is 0. The second kappa shape index (κ2) is 12.1. The van der Waals surface area contributed by atoms with E-state index >= 15 is 0 Å². The van der Waals surface area contributed by atoms with E-state index in [0.717, 1.165) is 11.0 Å². The van der Waals surface area contributed by atoms with Crippen LogP contribution in [0.5, 0.6) is 0 Å². The monoisotopic (exact) mass is 585 g/mol. The van der Waals surface area contributed by atoms with Crippen LogP contribution >= 0.6 is 0 Å². The zero-order valence-corrected chi connectivity index (χ0v) is 21.4. The number of hydrogen-bond donors (Lipinski definition) is 1. The van der Waals surface area contributed by atoms with Crippen LogP contribution in [0.1, 0.15) is 27.0 Å². The van der Waals surface area contributed by atoms with Crippen LogP contribution in [-0.2, 0) is 0 Å². The molecule has 0 atom stereocenters. The summed E-state index contributed by atoms with van der Waals surface area (Å²) in [6.45, 7) is 4.21. The molecule has 5 aromatic rings. The zero-order chi connectivity index (χ0) is 23.2. The number of hydrogen-bond acceptors (Lipinski definition) is 4. The number of benzene rings is 3. The minimum Gasteiger partial charge on any atom is -0.507 e. The van der Waals surface area contributed by atoms with Crippen molar-refractivity contribution >= 4 is 33.3 Å². The quantitative estimate of drug-likeness (QED) is 0.109. The number of nitrogens with zero attached hydrogens (tertiary/aromatic N) is 2. The molecule has 0 aliphatic heterocycles. The molecule has 1 radical (unpaired) electrons. The number of carbonyl (C=O) groups excluding carboxylic acids is 1. The van der Waals surface area contributed by atoms with E-state index in [1.165, 1.54) is 28.0 Å². The standard InChI is InChI=1S/C15H12O2.C14H12N2.Eu/c16-14(12-7-3-1-4-8-12)11-15(17)13-9-5-2-6-10-13;1-9-5-7-15-13-11(9)3-4-12-10(2)6-8-16-14(12)13;/h1-11,16H;3-8H,1-2H3;/b14-11-;;. The Morgan fingerprint density at radius 2 is 1.12 bits per heavy atom. The number of aliphatic hydroxyl groups excluding tert-OH is 1. The van der Waals surface area contributed by atoms with Crippen LogP contribution in [0.15, 0.2) is 103 Å². The molecule has 4 nitrogen and oxygen atoms in total. The van der Waals surface area contributed by atoms with Gasteiger partial charge in [0.05, 0.1) is 11.0 Å². The molecule has 1 N–H and O–H groups in total. The molecule has 0 aliphatic carbocycles. The second-order valence-corrected chi connectivity index (χ2v) is 7.74. The summed E-state index contributed by atoms with van der Waals surface area (Å²) in [4.78, 5) is 20.7. The van der Waals surface area contributed by atoms with Gasteiger partial charge < -0.3 is 5.11 Å². The molecule has 0 spiro atoms. The van der Waals surface area contributed by atoms with Gasteiger partial charge in [-0.3, -0.25) is 14.8 Å². The molecule has 0 amide bonds. The van der Waals surface area contributed by atoms with Crippen molar-refractivity contribution < 1.29 is 59.3 Å². The van der Waals surface area contributed by atoms with Crippen LogP contribution in [0.2, 0.25) is 0 Å². The Hall–Kier alpha value is -2.73. The summed E-state index contributed by atoms with van der Waals surface area (Å²) >= 11 is 0. The second-order valence-electron chi connectivity index (χ2n) is 7.74. The van der Waals surface area contributed by atoms with Crippen molar-refractivity contribution in [2.45, 2.75) is 13.8 Å². The number of ketones is 1. The van der Waals surface area contributed by atoms with E-state index in [1.54, 1.807) is 36.4 Å². The Labute approximate surface area is 239 Å². The fourth-order valence-electron chi connectivity index (χ4n) is 3.61. The summed E-state index contributed by atoms with van der Waals surface area (Å²) in [6.07, 6.45) is 4.94. The number of aryl methyl sites for hydroxylation is 2. The summed E-state index contributed by atoms with van der Waals surface area (Å²) in [6, 6.07) is 26.2. The van der Waals surface area contributed by atoms with Gasteiger partial charge in [0.1, 0.15) is 5.76 Å². The van der Waals surface area contributed by atoms with Gasteiger partial charge in [-0.25, -0.2) is 0 Å². The van der Waals surface area contributed by atoms with E-state index in [9.17, 15) is 9.90 Å². The Bertz CT molecular complexity index is 1390. The maximum atomic E-state index is 11.8. The smallest absolute Gasteiger partial charge is 0.189 e. The summed E-state index contributed by atoms with van der Waals surface area (Å²) < 4.78 is 0. The fraction of sp³-hybridized carbons (Fsp3) is 0.0690. The Balaban J connectivity index is 0.000000185. The molecule has 0 saturated heterocycles. The molecule has 0 saturated carbocycles. The van der Waals surface area contributed by atoms with Crippen LogP contribution in [0.3, 0.4) is 0 Å². The molecule has 0 unspecified atom stereocenters. The van der Waals surface area contributed by atoms with Crippen molar-refractivity contribution in [3.63, 3.8) is 0 Å². The first kappa shape index (κ1) is 25.9. The van der Waals surface area contributed by atoms with Crippen LogP contribution in [-0.4, -0.2) is 20.9 Å². The molecule has 3 aromatic carbocycles. The number of aliphatic hydroxyl groups is 1. The van der Waals surface area contributed by atoms with Gasteiger partial charge in [-0.2, -0.15) is 0 Å². The topological polar surface area (TPSA) is 63.1 Å². The third-order valence-electron chi connectivity index (χ3n) is 5.45. The van der Waals surface area contributed by atoms with E-state index in [-0.39, 0.29) is 60.9 Å². The first-order valence-electron chi connectivity index (χ1n) is 10.7. The van der Waals surface area contributed by atoms with E-state index in [0.29, 0.717) is 11.1 Å². The number of aromatic nitrogens is 2. The number of allylic oxidation sites excluding steroid dienone is 1. The van der Waals surface area contributed by atoms with E-state index < -0.39 is 0 Å². The third-order valence-corrected chi connectivity index (χ3v) is 5.45. The first-order chi connectivity index (χ1) is 16.0. The maximum absolute atomic E-state index is 11.8. The van der Waals surface area contributed by atoms with Crippen LogP contribution in [0, 0.1) is 63.2 Å². The van der Waals surface area contributed by atoms with E-state index in [4.69, 9.17) is 0 Å². The average Bonchev–Trinajstić information content (AvgIpc) is 2.86. The number of carbonyl (C=O) groups is 1. The van der Waals surface area contributed by atoms with Gasteiger partial charge in [0.2, 0.25) is 0 Å². The van der Waals surface area contributed by atoms with Crippen molar-refractivity contribution in [1.82, 2.24) is 9.97 Å². The molecule has 5 heteroatoms. The Morgan fingerprint density at radius 1 is 0.676 bits per heavy atom. The van der Waals surface area contributed by atoms with Gasteiger partial charge in [-0.15, -0.1) is 0 Å². The minimum absolute atomic E-state index is 0. The first-order valence-corrected chi connectivity index (χ1v) is 10.7. The summed E-state index contributed by atoms with van der Waals surface area (Å²) in [5, 5.41) is 12.2. The van der Waals surface area contributed by atoms with Gasteiger partial charge in [-0.1, -0.05) is 72.8 Å². The number of fused-ring (bicyclic) bond motifs is 3. The summed E-state index contributed by atoms with van der Waals surface area (Å²) in [5.74, 6) is -0.216.